The van der Waals surface area contributed by atoms with Crippen LogP contribution in [-0.4, -0.2) is 44.1 Å². The minimum absolute atomic E-state index is 0.844. The Morgan fingerprint density at radius 2 is 2.04 bits per heavy atom. The largest absolute Gasteiger partial charge is 0.330 e. The summed E-state index contributed by atoms with van der Waals surface area (Å²) in [5, 5.41) is 8.90. The predicted octanol–water partition coefficient (Wildman–Crippen LogP) is 4.23. The molecule has 5 rings (SSSR count). The lowest BCUT2D eigenvalue weighted by atomic mass is 10.1. The Labute approximate surface area is 167 Å². The maximum absolute atomic E-state index is 4.67. The van der Waals surface area contributed by atoms with Gasteiger partial charge in [-0.3, -0.25) is 4.98 Å². The quantitative estimate of drug-likeness (QED) is 0.534. The van der Waals surface area contributed by atoms with Crippen LogP contribution in [0.1, 0.15) is 18.4 Å². The normalized spacial score (nSPS) is 14.7. The summed E-state index contributed by atoms with van der Waals surface area (Å²) in [4.78, 5) is 12.2. The van der Waals surface area contributed by atoms with Gasteiger partial charge in [0.05, 0.1) is 11.9 Å². The van der Waals surface area contributed by atoms with E-state index in [0.29, 0.717) is 0 Å². The summed E-state index contributed by atoms with van der Waals surface area (Å²) in [6.45, 7) is 3.64. The van der Waals surface area contributed by atoms with Crippen molar-refractivity contribution >= 4 is 27.1 Å². The molecule has 6 nitrogen and oxygen atoms in total. The Morgan fingerprint density at radius 1 is 1.11 bits per heavy atom. The summed E-state index contributed by atoms with van der Waals surface area (Å²) in [5.41, 5.74) is 4.32. The highest BCUT2D eigenvalue weighted by Gasteiger charge is 2.12. The number of benzene rings is 1. The van der Waals surface area contributed by atoms with Crippen LogP contribution in [-0.2, 0) is 6.42 Å². The zero-order valence-electron chi connectivity index (χ0n) is 15.6. The molecule has 0 spiro atoms. The number of rotatable bonds is 6. The van der Waals surface area contributed by atoms with Gasteiger partial charge in [0.1, 0.15) is 0 Å². The van der Waals surface area contributed by atoms with Gasteiger partial charge in [0.2, 0.25) is 10.1 Å². The van der Waals surface area contributed by atoms with E-state index in [4.69, 9.17) is 0 Å². The molecule has 0 amide bonds. The lowest BCUT2D eigenvalue weighted by molar-refractivity contribution is 0.343. The van der Waals surface area contributed by atoms with E-state index >= 15 is 0 Å². The standard InChI is InChI=1S/C21H22N6S/c1-2-11-26(10-1)12-8-16-5-3-7-18(13-16)23-20-25-27-15-19(24-21(27)28-20)17-6-4-9-22-14-17/h3-7,9,13-15H,1-2,8,10-12H2,(H,23,25). The van der Waals surface area contributed by atoms with Gasteiger partial charge in [-0.2, -0.15) is 0 Å². The fourth-order valence-corrected chi connectivity index (χ4v) is 4.43. The second-order valence-corrected chi connectivity index (χ2v) is 8.08. The number of likely N-dealkylation sites (tertiary alicyclic amines) is 1. The van der Waals surface area contributed by atoms with Gasteiger partial charge in [0, 0.05) is 30.2 Å². The van der Waals surface area contributed by atoms with E-state index in [1.165, 1.54) is 31.5 Å². The van der Waals surface area contributed by atoms with Crippen molar-refractivity contribution in [1.82, 2.24) is 24.5 Å². The molecule has 1 N–H and O–H groups in total. The molecular formula is C21H22N6S. The maximum atomic E-state index is 4.67. The Balaban J connectivity index is 1.28. The highest BCUT2D eigenvalue weighted by molar-refractivity contribution is 7.20. The Morgan fingerprint density at radius 3 is 2.86 bits per heavy atom. The number of nitrogens with zero attached hydrogens (tertiary/aromatic N) is 5. The van der Waals surface area contributed by atoms with E-state index in [-0.39, 0.29) is 0 Å². The SMILES string of the molecule is c1cc(CCN2CCCC2)cc(Nc2nn3cc(-c4cccnc4)nc3s2)c1. The van der Waals surface area contributed by atoms with Crippen molar-refractivity contribution in [3.63, 3.8) is 0 Å². The zero-order valence-corrected chi connectivity index (χ0v) is 16.4. The third-order valence-corrected chi connectivity index (χ3v) is 5.93. The third-order valence-electron chi connectivity index (χ3n) is 5.09. The monoisotopic (exact) mass is 390 g/mol. The molecule has 3 aromatic heterocycles. The number of anilines is 2. The van der Waals surface area contributed by atoms with Gasteiger partial charge in [-0.1, -0.05) is 23.5 Å². The molecule has 7 heteroatoms. The van der Waals surface area contributed by atoms with E-state index in [2.05, 4.69) is 49.5 Å². The third kappa shape index (κ3) is 3.76. The first-order chi connectivity index (χ1) is 13.8. The van der Waals surface area contributed by atoms with Gasteiger partial charge < -0.3 is 10.2 Å². The molecule has 0 saturated carbocycles. The van der Waals surface area contributed by atoms with Crippen molar-refractivity contribution in [1.29, 1.82) is 0 Å². The topological polar surface area (TPSA) is 58.4 Å². The smallest absolute Gasteiger partial charge is 0.214 e. The zero-order chi connectivity index (χ0) is 18.8. The first-order valence-electron chi connectivity index (χ1n) is 9.68. The number of pyridine rings is 1. The average Bonchev–Trinajstić information content (AvgIpc) is 3.44. The summed E-state index contributed by atoms with van der Waals surface area (Å²) in [7, 11) is 0. The van der Waals surface area contributed by atoms with Crippen LogP contribution in [0.3, 0.4) is 0 Å². The van der Waals surface area contributed by atoms with Gasteiger partial charge in [0.25, 0.3) is 0 Å². The van der Waals surface area contributed by atoms with Crippen LogP contribution in [0.25, 0.3) is 16.2 Å². The highest BCUT2D eigenvalue weighted by Crippen LogP contribution is 2.26. The number of hydrogen-bond acceptors (Lipinski definition) is 6. The van der Waals surface area contributed by atoms with E-state index in [1.807, 2.05) is 29.0 Å². The fraction of sp³-hybridized carbons (Fsp3) is 0.286. The van der Waals surface area contributed by atoms with Crippen molar-refractivity contribution in [3.8, 4) is 11.3 Å². The van der Waals surface area contributed by atoms with E-state index in [0.717, 1.165) is 40.0 Å². The molecule has 1 aromatic carbocycles. The van der Waals surface area contributed by atoms with Crippen molar-refractivity contribution < 1.29 is 0 Å². The minimum atomic E-state index is 0.844. The molecule has 0 unspecified atom stereocenters. The number of aromatic nitrogens is 4. The molecule has 1 aliphatic rings. The van der Waals surface area contributed by atoms with Crippen molar-refractivity contribution in [2.75, 3.05) is 25.0 Å². The number of nitrogens with one attached hydrogen (secondary N) is 1. The Kier molecular flexibility index (Phi) is 4.76. The Bertz CT molecular complexity index is 1030. The van der Waals surface area contributed by atoms with Crippen LogP contribution >= 0.6 is 11.3 Å². The van der Waals surface area contributed by atoms with Gasteiger partial charge in [0.15, 0.2) is 0 Å². The molecule has 1 saturated heterocycles. The molecule has 0 aliphatic carbocycles. The molecule has 1 aliphatic heterocycles. The molecule has 4 heterocycles. The number of fused-ring (bicyclic) bond motifs is 1. The van der Waals surface area contributed by atoms with Crippen molar-refractivity contribution in [2.45, 2.75) is 19.3 Å². The second kappa shape index (κ2) is 7.69. The van der Waals surface area contributed by atoms with E-state index in [9.17, 15) is 0 Å². The van der Waals surface area contributed by atoms with Gasteiger partial charge in [-0.15, -0.1) is 5.10 Å². The van der Waals surface area contributed by atoms with Gasteiger partial charge in [-0.25, -0.2) is 9.50 Å². The van der Waals surface area contributed by atoms with Crippen LogP contribution in [0.5, 0.6) is 0 Å². The summed E-state index contributed by atoms with van der Waals surface area (Å²) in [5.74, 6) is 0. The molecule has 0 atom stereocenters. The predicted molar refractivity (Wildman–Crippen MR) is 113 cm³/mol. The Hall–Kier alpha value is -2.77. The maximum Gasteiger partial charge on any atom is 0.214 e. The lowest BCUT2D eigenvalue weighted by Crippen LogP contribution is -2.21. The van der Waals surface area contributed by atoms with Crippen LogP contribution in [0, 0.1) is 0 Å². The molecule has 28 heavy (non-hydrogen) atoms. The van der Waals surface area contributed by atoms with Crippen molar-refractivity contribution in [3.05, 3.63) is 60.6 Å². The summed E-state index contributed by atoms with van der Waals surface area (Å²) >= 11 is 1.55. The van der Waals surface area contributed by atoms with E-state index in [1.54, 1.807) is 17.5 Å². The summed E-state index contributed by atoms with van der Waals surface area (Å²) in [6.07, 6.45) is 9.30. The van der Waals surface area contributed by atoms with Crippen molar-refractivity contribution in [2.24, 2.45) is 0 Å². The van der Waals surface area contributed by atoms with Crippen LogP contribution in [0.4, 0.5) is 10.8 Å². The summed E-state index contributed by atoms with van der Waals surface area (Å²) in [6, 6.07) is 12.6. The first kappa shape index (κ1) is 17.3. The lowest BCUT2D eigenvalue weighted by Gasteiger charge is -2.14. The first-order valence-corrected chi connectivity index (χ1v) is 10.5. The fourth-order valence-electron chi connectivity index (χ4n) is 3.63. The van der Waals surface area contributed by atoms with Gasteiger partial charge >= 0.3 is 0 Å². The average molecular weight is 391 g/mol. The van der Waals surface area contributed by atoms with Crippen LogP contribution in [0.15, 0.2) is 55.0 Å². The molecule has 4 aromatic rings. The number of hydrogen-bond donors (Lipinski definition) is 1. The molecule has 0 bridgehead atoms. The molecule has 142 valence electrons. The minimum Gasteiger partial charge on any atom is -0.330 e. The van der Waals surface area contributed by atoms with E-state index < -0.39 is 0 Å². The summed E-state index contributed by atoms with van der Waals surface area (Å²) < 4.78 is 1.83. The van der Waals surface area contributed by atoms with Crippen LogP contribution in [0.2, 0.25) is 0 Å². The highest BCUT2D eigenvalue weighted by atomic mass is 32.1. The number of imidazole rings is 1. The molecular weight excluding hydrogens is 368 g/mol. The molecule has 1 fully saturated rings. The second-order valence-electron chi connectivity index (χ2n) is 7.13. The van der Waals surface area contributed by atoms with Gasteiger partial charge in [-0.05, 0) is 62.2 Å². The molecule has 0 radical (unpaired) electrons. The van der Waals surface area contributed by atoms with Crippen LogP contribution < -0.4 is 5.32 Å².